The lowest BCUT2D eigenvalue weighted by Crippen LogP contribution is -1.80. The molecule has 0 spiro atoms. The lowest BCUT2D eigenvalue weighted by atomic mass is 10.1. The number of fused-ring (bicyclic) bond motifs is 2. The number of nitrogen functional groups attached to an aromatic ring is 1. The molecule has 0 atom stereocenters. The first-order valence-corrected chi connectivity index (χ1v) is 10.1. The molecular weight excluding hydrogens is 398 g/mol. The van der Waals surface area contributed by atoms with E-state index in [0.717, 1.165) is 32.9 Å². The van der Waals surface area contributed by atoms with Crippen molar-refractivity contribution < 1.29 is 5.11 Å². The molecule has 5 aromatic carbocycles. The van der Waals surface area contributed by atoms with Gasteiger partial charge in [0.15, 0.2) is 0 Å². The summed E-state index contributed by atoms with van der Waals surface area (Å²) in [7, 11) is 0. The standard InChI is InChI=1S/C26H19N5O/c27-18-10-12-19(13-11-18)28-29-23-14-15-24(22-8-4-3-7-21(22)23)30-31-26-20-6-2-1-5-17(20)9-16-25(26)32/h1-16,32H,27H2. The number of benzene rings is 5. The van der Waals surface area contributed by atoms with Crippen LogP contribution in [-0.4, -0.2) is 5.11 Å². The first-order valence-electron chi connectivity index (χ1n) is 10.1. The highest BCUT2D eigenvalue weighted by atomic mass is 16.3. The van der Waals surface area contributed by atoms with E-state index in [4.69, 9.17) is 5.73 Å². The lowest BCUT2D eigenvalue weighted by molar-refractivity contribution is 0.477. The summed E-state index contributed by atoms with van der Waals surface area (Å²) in [4.78, 5) is 0. The highest BCUT2D eigenvalue weighted by Gasteiger charge is 2.08. The molecule has 5 rings (SSSR count). The van der Waals surface area contributed by atoms with Crippen LogP contribution < -0.4 is 5.73 Å². The molecule has 6 nitrogen and oxygen atoms in total. The van der Waals surface area contributed by atoms with Gasteiger partial charge in [0.2, 0.25) is 0 Å². The average Bonchev–Trinajstić information content (AvgIpc) is 2.83. The Kier molecular flexibility index (Phi) is 5.01. The van der Waals surface area contributed by atoms with Crippen LogP contribution in [0.15, 0.2) is 118 Å². The van der Waals surface area contributed by atoms with Gasteiger partial charge < -0.3 is 10.8 Å². The van der Waals surface area contributed by atoms with Gasteiger partial charge in [-0.1, -0.05) is 54.6 Å². The van der Waals surface area contributed by atoms with Crippen LogP contribution >= 0.6 is 0 Å². The van der Waals surface area contributed by atoms with Crippen LogP contribution in [0.1, 0.15) is 0 Å². The highest BCUT2D eigenvalue weighted by Crippen LogP contribution is 2.38. The fourth-order valence-corrected chi connectivity index (χ4v) is 3.55. The number of phenolic OH excluding ortho intramolecular Hbond substituents is 1. The number of nitrogens with two attached hydrogens (primary N) is 1. The smallest absolute Gasteiger partial charge is 0.143 e. The molecule has 0 aliphatic heterocycles. The van der Waals surface area contributed by atoms with E-state index in [1.54, 1.807) is 18.2 Å². The third-order valence-electron chi connectivity index (χ3n) is 5.18. The van der Waals surface area contributed by atoms with Gasteiger partial charge in [0.1, 0.15) is 11.4 Å². The van der Waals surface area contributed by atoms with E-state index < -0.39 is 0 Å². The van der Waals surface area contributed by atoms with Crippen molar-refractivity contribution in [3.8, 4) is 5.75 Å². The number of rotatable bonds is 4. The zero-order valence-corrected chi connectivity index (χ0v) is 17.1. The van der Waals surface area contributed by atoms with Gasteiger partial charge in [0.05, 0.1) is 17.1 Å². The fraction of sp³-hybridized carbons (Fsp3) is 0. The fourth-order valence-electron chi connectivity index (χ4n) is 3.55. The van der Waals surface area contributed by atoms with Crippen LogP contribution in [0.5, 0.6) is 5.75 Å². The predicted octanol–water partition coefficient (Wildman–Crippen LogP) is 8.11. The first kappa shape index (κ1) is 19.4. The Bertz CT molecular complexity index is 1490. The molecule has 154 valence electrons. The van der Waals surface area contributed by atoms with E-state index in [9.17, 15) is 5.11 Å². The number of phenols is 1. The van der Waals surface area contributed by atoms with Crippen molar-refractivity contribution >= 4 is 50.0 Å². The minimum absolute atomic E-state index is 0.0886. The summed E-state index contributed by atoms with van der Waals surface area (Å²) in [5, 5.41) is 31.6. The number of azo groups is 2. The first-order chi connectivity index (χ1) is 15.7. The molecule has 0 fully saturated rings. The minimum Gasteiger partial charge on any atom is -0.506 e. The Balaban J connectivity index is 1.55. The third-order valence-corrected chi connectivity index (χ3v) is 5.18. The minimum atomic E-state index is 0.0886. The number of hydrogen-bond donors (Lipinski definition) is 2. The molecular formula is C26H19N5O. The molecule has 0 radical (unpaired) electrons. The predicted molar refractivity (Wildman–Crippen MR) is 129 cm³/mol. The summed E-state index contributed by atoms with van der Waals surface area (Å²) in [5.74, 6) is 0.0886. The molecule has 0 heterocycles. The summed E-state index contributed by atoms with van der Waals surface area (Å²) in [6.07, 6.45) is 0. The molecule has 0 unspecified atom stereocenters. The third kappa shape index (κ3) is 3.77. The topological polar surface area (TPSA) is 95.7 Å². The number of aromatic hydroxyl groups is 1. The molecule has 0 aromatic heterocycles. The van der Waals surface area contributed by atoms with Gasteiger partial charge in [-0.2, -0.15) is 5.11 Å². The second-order valence-corrected chi connectivity index (χ2v) is 7.30. The van der Waals surface area contributed by atoms with Crippen molar-refractivity contribution in [2.24, 2.45) is 20.5 Å². The lowest BCUT2D eigenvalue weighted by Gasteiger charge is -2.06. The van der Waals surface area contributed by atoms with Crippen LogP contribution in [-0.2, 0) is 0 Å². The molecule has 32 heavy (non-hydrogen) atoms. The summed E-state index contributed by atoms with van der Waals surface area (Å²) in [6.45, 7) is 0. The van der Waals surface area contributed by atoms with E-state index in [0.29, 0.717) is 17.1 Å². The summed E-state index contributed by atoms with van der Waals surface area (Å²) < 4.78 is 0. The van der Waals surface area contributed by atoms with Crippen molar-refractivity contribution in [1.82, 2.24) is 0 Å². The van der Waals surface area contributed by atoms with Crippen LogP contribution in [0, 0.1) is 0 Å². The molecule has 0 bridgehead atoms. The molecule has 5 aromatic rings. The van der Waals surface area contributed by atoms with Crippen molar-refractivity contribution in [3.05, 3.63) is 97.1 Å². The maximum absolute atomic E-state index is 10.4. The van der Waals surface area contributed by atoms with Gasteiger partial charge in [-0.15, -0.1) is 15.3 Å². The zero-order chi connectivity index (χ0) is 21.9. The molecule has 0 saturated carbocycles. The van der Waals surface area contributed by atoms with Gasteiger partial charge in [-0.25, -0.2) is 0 Å². The van der Waals surface area contributed by atoms with E-state index in [2.05, 4.69) is 20.5 Å². The van der Waals surface area contributed by atoms with E-state index in [-0.39, 0.29) is 5.75 Å². The maximum Gasteiger partial charge on any atom is 0.143 e. The zero-order valence-electron chi connectivity index (χ0n) is 17.1. The van der Waals surface area contributed by atoms with Gasteiger partial charge in [0, 0.05) is 21.8 Å². The van der Waals surface area contributed by atoms with Crippen LogP contribution in [0.2, 0.25) is 0 Å². The van der Waals surface area contributed by atoms with Crippen LogP contribution in [0.3, 0.4) is 0 Å². The van der Waals surface area contributed by atoms with Crippen LogP contribution in [0.25, 0.3) is 21.5 Å². The Labute approximate surface area is 184 Å². The highest BCUT2D eigenvalue weighted by molar-refractivity contribution is 6.00. The van der Waals surface area contributed by atoms with Crippen molar-refractivity contribution in [1.29, 1.82) is 0 Å². The Morgan fingerprint density at radius 1 is 0.531 bits per heavy atom. The summed E-state index contributed by atoms with van der Waals surface area (Å²) in [6, 6.07) is 30.0. The quantitative estimate of drug-likeness (QED) is 0.228. The molecule has 6 heteroatoms. The van der Waals surface area contributed by atoms with E-state index >= 15 is 0 Å². The monoisotopic (exact) mass is 417 g/mol. The number of hydrogen-bond acceptors (Lipinski definition) is 6. The van der Waals surface area contributed by atoms with Gasteiger partial charge >= 0.3 is 0 Å². The van der Waals surface area contributed by atoms with E-state index in [1.807, 2.05) is 78.9 Å². The normalized spacial score (nSPS) is 11.8. The van der Waals surface area contributed by atoms with Crippen LogP contribution in [0.4, 0.5) is 28.4 Å². The Hall–Kier alpha value is -4.58. The SMILES string of the molecule is Nc1ccc(N=Nc2ccc(N=Nc3c(O)ccc4ccccc34)c3ccccc23)cc1. The maximum atomic E-state index is 10.4. The van der Waals surface area contributed by atoms with Gasteiger partial charge in [-0.05, 0) is 47.9 Å². The second-order valence-electron chi connectivity index (χ2n) is 7.30. The summed E-state index contributed by atoms with van der Waals surface area (Å²) in [5.41, 5.74) is 8.98. The van der Waals surface area contributed by atoms with Crippen molar-refractivity contribution in [2.75, 3.05) is 5.73 Å². The molecule has 0 amide bonds. The molecule has 0 aliphatic rings. The molecule has 3 N–H and O–H groups in total. The largest absolute Gasteiger partial charge is 0.506 e. The number of anilines is 1. The number of nitrogens with zero attached hydrogens (tertiary/aromatic N) is 4. The van der Waals surface area contributed by atoms with E-state index in [1.165, 1.54) is 0 Å². The Morgan fingerprint density at radius 3 is 1.81 bits per heavy atom. The second kappa shape index (κ2) is 8.28. The average molecular weight is 417 g/mol. The summed E-state index contributed by atoms with van der Waals surface area (Å²) >= 11 is 0. The Morgan fingerprint density at radius 2 is 1.12 bits per heavy atom. The van der Waals surface area contributed by atoms with Crippen molar-refractivity contribution in [3.63, 3.8) is 0 Å². The molecule has 0 saturated heterocycles. The van der Waals surface area contributed by atoms with Gasteiger partial charge in [-0.3, -0.25) is 0 Å². The van der Waals surface area contributed by atoms with Gasteiger partial charge in [0.25, 0.3) is 0 Å². The van der Waals surface area contributed by atoms with Crippen molar-refractivity contribution in [2.45, 2.75) is 0 Å². The molecule has 0 aliphatic carbocycles.